The summed E-state index contributed by atoms with van der Waals surface area (Å²) in [6.07, 6.45) is 9.03. The number of halogens is 3. The van der Waals surface area contributed by atoms with E-state index in [1.165, 1.54) is 44.4 Å². The highest BCUT2D eigenvalue weighted by Crippen LogP contribution is 2.16. The van der Waals surface area contributed by atoms with Crippen molar-refractivity contribution >= 4 is 5.97 Å². The molecule has 0 aliphatic rings. The molecule has 1 heterocycles. The van der Waals surface area contributed by atoms with Gasteiger partial charge in [-0.05, 0) is 25.3 Å². The summed E-state index contributed by atoms with van der Waals surface area (Å²) in [7, 11) is 0. The molecule has 0 spiro atoms. The molecule has 0 amide bonds. The third-order valence-corrected chi connectivity index (χ3v) is 4.20. The third kappa shape index (κ3) is 12.5. The number of rotatable bonds is 15. The fourth-order valence-electron chi connectivity index (χ4n) is 2.66. The first-order chi connectivity index (χ1) is 12.9. The van der Waals surface area contributed by atoms with Crippen molar-refractivity contribution < 1.29 is 27.4 Å². The average molecular weight is 391 g/mol. The standard InChI is InChI=1S/C20H32F3NO3/c1-2-3-14-26-15-10-8-6-4-5-7-9-12-24-13-11-18(16-24)19(25)27-17-20(21,22)23/h11,13,16H,2-10,12,14-15,17H2,1H3. The van der Waals surface area contributed by atoms with E-state index in [0.717, 1.165) is 45.4 Å². The van der Waals surface area contributed by atoms with E-state index < -0.39 is 18.8 Å². The van der Waals surface area contributed by atoms with Crippen LogP contribution in [-0.2, 0) is 16.0 Å². The predicted octanol–water partition coefficient (Wildman–Crippen LogP) is 5.75. The molecule has 0 radical (unpaired) electrons. The Hall–Kier alpha value is -1.50. The Balaban J connectivity index is 2.01. The number of hydrogen-bond donors (Lipinski definition) is 0. The van der Waals surface area contributed by atoms with E-state index in [1.54, 1.807) is 6.20 Å². The molecule has 4 nitrogen and oxygen atoms in total. The molecule has 0 atom stereocenters. The van der Waals surface area contributed by atoms with Crippen molar-refractivity contribution in [3.63, 3.8) is 0 Å². The summed E-state index contributed by atoms with van der Waals surface area (Å²) in [6, 6.07) is 1.49. The van der Waals surface area contributed by atoms with Gasteiger partial charge in [0, 0.05) is 32.2 Å². The number of carbonyl (C=O) groups is 1. The van der Waals surface area contributed by atoms with Crippen LogP contribution in [0, 0.1) is 0 Å². The van der Waals surface area contributed by atoms with Crippen LogP contribution in [-0.4, -0.2) is 36.5 Å². The van der Waals surface area contributed by atoms with Crippen LogP contribution < -0.4 is 0 Å². The van der Waals surface area contributed by atoms with E-state index in [4.69, 9.17) is 4.74 Å². The summed E-state index contributed by atoms with van der Waals surface area (Å²) in [5.41, 5.74) is 0.153. The molecule has 7 heteroatoms. The van der Waals surface area contributed by atoms with E-state index in [1.807, 2.05) is 4.57 Å². The lowest BCUT2D eigenvalue weighted by Gasteiger charge is -2.06. The smallest absolute Gasteiger partial charge is 0.422 e. The molecule has 0 N–H and O–H groups in total. The average Bonchev–Trinajstić information content (AvgIpc) is 3.09. The maximum atomic E-state index is 12.0. The van der Waals surface area contributed by atoms with Gasteiger partial charge in [-0.3, -0.25) is 0 Å². The second-order valence-electron chi connectivity index (χ2n) is 6.77. The van der Waals surface area contributed by atoms with Crippen molar-refractivity contribution in [3.8, 4) is 0 Å². The SMILES string of the molecule is CCCCOCCCCCCCCCn1ccc(C(=O)OCC(F)(F)F)c1. The first-order valence-corrected chi connectivity index (χ1v) is 9.90. The molecule has 0 bridgehead atoms. The summed E-state index contributed by atoms with van der Waals surface area (Å²) in [6.45, 7) is 3.09. The van der Waals surface area contributed by atoms with Gasteiger partial charge in [-0.2, -0.15) is 13.2 Å². The van der Waals surface area contributed by atoms with Gasteiger partial charge < -0.3 is 14.0 Å². The van der Waals surface area contributed by atoms with Crippen LogP contribution in [0.15, 0.2) is 18.5 Å². The van der Waals surface area contributed by atoms with Crippen LogP contribution in [0.5, 0.6) is 0 Å². The summed E-state index contributed by atoms with van der Waals surface area (Å²) in [5, 5.41) is 0. The first-order valence-electron chi connectivity index (χ1n) is 9.90. The summed E-state index contributed by atoms with van der Waals surface area (Å²) in [5.74, 6) is -0.940. The minimum atomic E-state index is -4.50. The Kier molecular flexibility index (Phi) is 11.9. The first kappa shape index (κ1) is 23.5. The van der Waals surface area contributed by atoms with Crippen LogP contribution in [0.3, 0.4) is 0 Å². The van der Waals surface area contributed by atoms with E-state index in [0.29, 0.717) is 0 Å². The molecule has 1 aromatic rings. The molecule has 0 unspecified atom stereocenters. The van der Waals surface area contributed by atoms with Crippen molar-refractivity contribution in [1.29, 1.82) is 0 Å². The second kappa shape index (κ2) is 13.6. The quantitative estimate of drug-likeness (QED) is 0.282. The molecule has 1 rings (SSSR count). The molecule has 0 saturated carbocycles. The van der Waals surface area contributed by atoms with Gasteiger partial charge in [-0.1, -0.05) is 45.4 Å². The Morgan fingerprint density at radius 1 is 1.00 bits per heavy atom. The Morgan fingerprint density at radius 2 is 1.63 bits per heavy atom. The zero-order valence-corrected chi connectivity index (χ0v) is 16.2. The maximum Gasteiger partial charge on any atom is 0.422 e. The molecular formula is C20H32F3NO3. The van der Waals surface area contributed by atoms with Crippen molar-refractivity contribution in [1.82, 2.24) is 4.57 Å². The van der Waals surface area contributed by atoms with Crippen LogP contribution in [0.2, 0.25) is 0 Å². The van der Waals surface area contributed by atoms with E-state index >= 15 is 0 Å². The Bertz CT molecular complexity index is 515. The number of esters is 1. The van der Waals surface area contributed by atoms with Crippen LogP contribution in [0.4, 0.5) is 13.2 Å². The fourth-order valence-corrected chi connectivity index (χ4v) is 2.66. The molecule has 27 heavy (non-hydrogen) atoms. The van der Waals surface area contributed by atoms with Gasteiger partial charge in [-0.15, -0.1) is 0 Å². The van der Waals surface area contributed by atoms with Crippen LogP contribution in [0.25, 0.3) is 0 Å². The number of carbonyl (C=O) groups excluding carboxylic acids is 1. The van der Waals surface area contributed by atoms with Gasteiger partial charge in [0.2, 0.25) is 0 Å². The summed E-state index contributed by atoms with van der Waals surface area (Å²) < 4.78 is 47.7. The number of aromatic nitrogens is 1. The third-order valence-electron chi connectivity index (χ3n) is 4.20. The van der Waals surface area contributed by atoms with E-state index in [-0.39, 0.29) is 5.56 Å². The van der Waals surface area contributed by atoms with Gasteiger partial charge in [0.1, 0.15) is 0 Å². The van der Waals surface area contributed by atoms with Crippen molar-refractivity contribution in [2.45, 2.75) is 77.4 Å². The minimum absolute atomic E-state index is 0.153. The lowest BCUT2D eigenvalue weighted by atomic mass is 10.1. The summed E-state index contributed by atoms with van der Waals surface area (Å²) >= 11 is 0. The van der Waals surface area contributed by atoms with Crippen LogP contribution in [0.1, 0.15) is 75.1 Å². The minimum Gasteiger partial charge on any atom is -0.452 e. The lowest BCUT2D eigenvalue weighted by Crippen LogP contribution is -2.20. The van der Waals surface area contributed by atoms with Crippen LogP contribution >= 0.6 is 0 Å². The van der Waals surface area contributed by atoms with Crippen molar-refractivity contribution in [2.75, 3.05) is 19.8 Å². The number of hydrogen-bond acceptors (Lipinski definition) is 3. The molecule has 0 fully saturated rings. The van der Waals surface area contributed by atoms with Gasteiger partial charge in [-0.25, -0.2) is 4.79 Å². The molecular weight excluding hydrogens is 359 g/mol. The topological polar surface area (TPSA) is 40.5 Å². The molecule has 0 aromatic carbocycles. The summed E-state index contributed by atoms with van der Waals surface area (Å²) in [4.78, 5) is 11.5. The zero-order chi connectivity index (χ0) is 20.0. The molecule has 1 aromatic heterocycles. The largest absolute Gasteiger partial charge is 0.452 e. The monoisotopic (exact) mass is 391 g/mol. The number of ether oxygens (including phenoxy) is 2. The predicted molar refractivity (Wildman–Crippen MR) is 98.8 cm³/mol. The Morgan fingerprint density at radius 3 is 2.30 bits per heavy atom. The van der Waals surface area contributed by atoms with Crippen molar-refractivity contribution in [3.05, 3.63) is 24.0 Å². The van der Waals surface area contributed by atoms with Gasteiger partial charge in [0.25, 0.3) is 0 Å². The maximum absolute atomic E-state index is 12.0. The number of unbranched alkanes of at least 4 members (excludes halogenated alkanes) is 7. The lowest BCUT2D eigenvalue weighted by molar-refractivity contribution is -0.161. The zero-order valence-electron chi connectivity index (χ0n) is 16.2. The highest BCUT2D eigenvalue weighted by molar-refractivity contribution is 5.89. The molecule has 156 valence electrons. The fraction of sp³-hybridized carbons (Fsp3) is 0.750. The van der Waals surface area contributed by atoms with E-state index in [2.05, 4.69) is 11.7 Å². The highest BCUT2D eigenvalue weighted by atomic mass is 19.4. The van der Waals surface area contributed by atoms with Gasteiger partial charge >= 0.3 is 12.1 Å². The van der Waals surface area contributed by atoms with E-state index in [9.17, 15) is 18.0 Å². The highest BCUT2D eigenvalue weighted by Gasteiger charge is 2.29. The number of aryl methyl sites for hydroxylation is 1. The van der Waals surface area contributed by atoms with Crippen molar-refractivity contribution in [2.24, 2.45) is 0 Å². The molecule has 0 saturated heterocycles. The Labute approximate surface area is 160 Å². The number of nitrogens with zero attached hydrogens (tertiary/aromatic N) is 1. The van der Waals surface area contributed by atoms with Gasteiger partial charge in [0.15, 0.2) is 6.61 Å². The normalized spacial score (nSPS) is 11.7. The van der Waals surface area contributed by atoms with Gasteiger partial charge in [0.05, 0.1) is 5.56 Å². The molecule has 0 aliphatic carbocycles. The number of alkyl halides is 3. The second-order valence-corrected chi connectivity index (χ2v) is 6.77. The molecule has 0 aliphatic heterocycles.